The van der Waals surface area contributed by atoms with Gasteiger partial charge in [0.1, 0.15) is 5.69 Å². The highest BCUT2D eigenvalue weighted by Gasteiger charge is 2.29. The maximum atomic E-state index is 12.4. The molecule has 1 rings (SSSR count). The van der Waals surface area contributed by atoms with Gasteiger partial charge in [0.05, 0.1) is 10.5 Å². The monoisotopic (exact) mass is 265 g/mol. The van der Waals surface area contributed by atoms with Crippen LogP contribution in [0.3, 0.4) is 0 Å². The van der Waals surface area contributed by atoms with Crippen LogP contribution in [0.25, 0.3) is 0 Å². The zero-order valence-corrected chi connectivity index (χ0v) is 11.6. The van der Waals surface area contributed by atoms with Crippen LogP contribution in [0.4, 0.5) is 11.4 Å². The predicted molar refractivity (Wildman–Crippen MR) is 74.0 cm³/mol. The first kappa shape index (κ1) is 14.9. The average Bonchev–Trinajstić information content (AvgIpc) is 2.36. The minimum Gasteiger partial charge on any atom is -0.393 e. The number of hydrogen-bond donors (Lipinski definition) is 1. The zero-order chi connectivity index (χ0) is 14.8. The van der Waals surface area contributed by atoms with Gasteiger partial charge in [-0.1, -0.05) is 13.0 Å². The fourth-order valence-electron chi connectivity index (χ4n) is 1.59. The molecule has 0 unspecified atom stereocenters. The number of nitro benzene ring substituents is 1. The summed E-state index contributed by atoms with van der Waals surface area (Å²) in [7, 11) is 1.67. The molecule has 0 radical (unpaired) electrons. The van der Waals surface area contributed by atoms with Crippen LogP contribution in [-0.4, -0.2) is 28.3 Å². The van der Waals surface area contributed by atoms with E-state index in [0.717, 1.165) is 6.42 Å². The van der Waals surface area contributed by atoms with E-state index < -0.39 is 4.92 Å². The molecule has 6 nitrogen and oxygen atoms in total. The van der Waals surface area contributed by atoms with E-state index in [9.17, 15) is 14.9 Å². The molecule has 2 N–H and O–H groups in total. The number of carbonyl (C=O) groups is 1. The van der Waals surface area contributed by atoms with Gasteiger partial charge in [-0.05, 0) is 26.3 Å². The van der Waals surface area contributed by atoms with E-state index in [4.69, 9.17) is 5.73 Å². The van der Waals surface area contributed by atoms with Crippen LogP contribution in [0.5, 0.6) is 0 Å². The van der Waals surface area contributed by atoms with Gasteiger partial charge in [0, 0.05) is 18.7 Å². The van der Waals surface area contributed by atoms with Crippen LogP contribution in [0.1, 0.15) is 37.6 Å². The number of benzene rings is 1. The minimum atomic E-state index is -0.586. The molecule has 1 aromatic rings. The number of para-hydroxylation sites is 1. The number of rotatable bonds is 4. The number of nitrogen functional groups attached to an aromatic ring is 1. The van der Waals surface area contributed by atoms with Gasteiger partial charge in [0.2, 0.25) is 0 Å². The number of nitrogens with two attached hydrogens (primary N) is 1. The van der Waals surface area contributed by atoms with Gasteiger partial charge in [-0.25, -0.2) is 0 Å². The molecule has 1 aromatic carbocycles. The highest BCUT2D eigenvalue weighted by Crippen LogP contribution is 2.28. The maximum Gasteiger partial charge on any atom is 0.292 e. The molecule has 19 heavy (non-hydrogen) atoms. The molecule has 0 aromatic heterocycles. The molecule has 0 atom stereocenters. The Morgan fingerprint density at radius 1 is 1.47 bits per heavy atom. The predicted octanol–water partition coefficient (Wildman–Crippen LogP) is 2.44. The van der Waals surface area contributed by atoms with Crippen molar-refractivity contribution in [3.63, 3.8) is 0 Å². The molecule has 0 aliphatic carbocycles. The Morgan fingerprint density at radius 3 is 2.53 bits per heavy atom. The van der Waals surface area contributed by atoms with Gasteiger partial charge in [-0.15, -0.1) is 0 Å². The Bertz CT molecular complexity index is 512. The number of hydrogen-bond acceptors (Lipinski definition) is 4. The van der Waals surface area contributed by atoms with Gasteiger partial charge in [0.25, 0.3) is 11.6 Å². The average molecular weight is 265 g/mol. The van der Waals surface area contributed by atoms with Crippen molar-refractivity contribution in [3.05, 3.63) is 33.9 Å². The number of nitro groups is 1. The molecule has 0 saturated carbocycles. The molecule has 0 bridgehead atoms. The summed E-state index contributed by atoms with van der Waals surface area (Å²) in [5, 5.41) is 10.8. The Labute approximate surface area is 112 Å². The first-order valence-corrected chi connectivity index (χ1v) is 6.03. The summed E-state index contributed by atoms with van der Waals surface area (Å²) in [5.74, 6) is -0.312. The lowest BCUT2D eigenvalue weighted by Gasteiger charge is -2.35. The lowest BCUT2D eigenvalue weighted by molar-refractivity contribution is -0.383. The van der Waals surface area contributed by atoms with Crippen LogP contribution < -0.4 is 5.73 Å². The Hall–Kier alpha value is -2.11. The number of carbonyl (C=O) groups excluding carboxylic acids is 1. The minimum absolute atomic E-state index is 0.0868. The molecule has 0 saturated heterocycles. The van der Waals surface area contributed by atoms with E-state index in [1.807, 2.05) is 20.8 Å². The zero-order valence-electron chi connectivity index (χ0n) is 11.6. The standard InChI is InChI=1S/C13H19N3O3/c1-5-13(2,3)15(4)12(17)9-7-6-8-10(11(9)14)16(18)19/h6-8H,5,14H2,1-4H3. The SMILES string of the molecule is CCC(C)(C)N(C)C(=O)c1cccc([N+](=O)[O-])c1N. The van der Waals surface area contributed by atoms with E-state index in [1.54, 1.807) is 11.9 Å². The second kappa shape index (κ2) is 5.26. The van der Waals surface area contributed by atoms with Crippen LogP contribution >= 0.6 is 0 Å². The molecule has 6 heteroatoms. The second-order valence-corrected chi connectivity index (χ2v) is 5.03. The van der Waals surface area contributed by atoms with Crippen LogP contribution in [-0.2, 0) is 0 Å². The van der Waals surface area contributed by atoms with Crippen LogP contribution in [0, 0.1) is 10.1 Å². The van der Waals surface area contributed by atoms with Crippen molar-refractivity contribution in [3.8, 4) is 0 Å². The number of anilines is 1. The highest BCUT2D eigenvalue weighted by atomic mass is 16.6. The van der Waals surface area contributed by atoms with Crippen molar-refractivity contribution in [2.24, 2.45) is 0 Å². The van der Waals surface area contributed by atoms with Crippen LogP contribution in [0.2, 0.25) is 0 Å². The molecule has 0 aliphatic heterocycles. The van der Waals surface area contributed by atoms with E-state index in [2.05, 4.69) is 0 Å². The largest absolute Gasteiger partial charge is 0.393 e. The summed E-state index contributed by atoms with van der Waals surface area (Å²) >= 11 is 0. The van der Waals surface area contributed by atoms with E-state index >= 15 is 0 Å². The summed E-state index contributed by atoms with van der Waals surface area (Å²) in [4.78, 5) is 24.2. The second-order valence-electron chi connectivity index (χ2n) is 5.03. The smallest absolute Gasteiger partial charge is 0.292 e. The molecule has 104 valence electrons. The van der Waals surface area contributed by atoms with Crippen molar-refractivity contribution in [1.29, 1.82) is 0 Å². The van der Waals surface area contributed by atoms with Crippen molar-refractivity contribution in [2.45, 2.75) is 32.7 Å². The van der Waals surface area contributed by atoms with Crippen molar-refractivity contribution in [1.82, 2.24) is 4.90 Å². The summed E-state index contributed by atoms with van der Waals surface area (Å²) in [5.41, 5.74) is 5.22. The van der Waals surface area contributed by atoms with Gasteiger partial charge in [-0.2, -0.15) is 0 Å². The van der Waals surface area contributed by atoms with E-state index in [-0.39, 0.29) is 28.4 Å². The van der Waals surface area contributed by atoms with Crippen LogP contribution in [0.15, 0.2) is 18.2 Å². The lowest BCUT2D eigenvalue weighted by Crippen LogP contribution is -2.44. The highest BCUT2D eigenvalue weighted by molar-refractivity contribution is 6.01. The first-order chi connectivity index (χ1) is 8.72. The van der Waals surface area contributed by atoms with Crippen molar-refractivity contribution < 1.29 is 9.72 Å². The fourth-order valence-corrected chi connectivity index (χ4v) is 1.59. The van der Waals surface area contributed by atoms with Crippen molar-refractivity contribution in [2.75, 3.05) is 12.8 Å². The van der Waals surface area contributed by atoms with Crippen molar-refractivity contribution >= 4 is 17.3 Å². The molecular formula is C13H19N3O3. The number of nitrogens with zero attached hydrogens (tertiary/aromatic N) is 2. The third kappa shape index (κ3) is 2.83. The molecule has 0 fully saturated rings. The van der Waals surface area contributed by atoms with Gasteiger partial charge < -0.3 is 10.6 Å². The molecule has 0 heterocycles. The fraction of sp³-hybridized carbons (Fsp3) is 0.462. The summed E-state index contributed by atoms with van der Waals surface area (Å²) in [6.07, 6.45) is 0.768. The molecule has 0 aliphatic rings. The quantitative estimate of drug-likeness (QED) is 0.514. The summed E-state index contributed by atoms with van der Waals surface area (Å²) in [6.45, 7) is 5.83. The molecule has 0 spiro atoms. The van der Waals surface area contributed by atoms with Gasteiger partial charge >= 0.3 is 0 Å². The molecular weight excluding hydrogens is 246 g/mol. The summed E-state index contributed by atoms with van der Waals surface area (Å²) < 4.78 is 0. The Morgan fingerprint density at radius 2 is 2.05 bits per heavy atom. The Balaban J connectivity index is 3.21. The number of amides is 1. The topological polar surface area (TPSA) is 89.5 Å². The Kier molecular flexibility index (Phi) is 4.14. The van der Waals surface area contributed by atoms with Gasteiger partial charge in [-0.3, -0.25) is 14.9 Å². The molecule has 1 amide bonds. The third-order valence-corrected chi connectivity index (χ3v) is 3.59. The van der Waals surface area contributed by atoms with Gasteiger partial charge in [0.15, 0.2) is 0 Å². The maximum absolute atomic E-state index is 12.4. The normalized spacial score (nSPS) is 11.2. The van der Waals surface area contributed by atoms with E-state index in [1.165, 1.54) is 18.2 Å². The third-order valence-electron chi connectivity index (χ3n) is 3.59. The summed E-state index contributed by atoms with van der Waals surface area (Å²) in [6, 6.07) is 4.26. The lowest BCUT2D eigenvalue weighted by atomic mass is 9.98. The first-order valence-electron chi connectivity index (χ1n) is 6.03. The van der Waals surface area contributed by atoms with E-state index in [0.29, 0.717) is 0 Å².